The van der Waals surface area contributed by atoms with Gasteiger partial charge < -0.3 is 14.5 Å². The molecule has 4 rings (SSSR count). The number of nitro groups is 1. The number of oxime groups is 1. The number of hydrogen-bond acceptors (Lipinski definition) is 8. The van der Waals surface area contributed by atoms with Gasteiger partial charge in [0.1, 0.15) is 5.75 Å². The van der Waals surface area contributed by atoms with Crippen molar-refractivity contribution in [3.63, 3.8) is 0 Å². The number of rotatable bonds is 6. The summed E-state index contributed by atoms with van der Waals surface area (Å²) in [7, 11) is 1.57. The van der Waals surface area contributed by atoms with Crippen molar-refractivity contribution in [1.82, 2.24) is 10.3 Å². The lowest BCUT2D eigenvalue weighted by atomic mass is 10.0. The molecule has 0 aromatic heterocycles. The second-order valence-corrected chi connectivity index (χ2v) is 7.14. The Labute approximate surface area is 182 Å². The van der Waals surface area contributed by atoms with Crippen LogP contribution < -0.4 is 10.2 Å². The Kier molecular flexibility index (Phi) is 5.79. The highest BCUT2D eigenvalue weighted by atomic mass is 16.7. The predicted molar refractivity (Wildman–Crippen MR) is 113 cm³/mol. The van der Waals surface area contributed by atoms with Crippen LogP contribution in [0.4, 0.5) is 5.69 Å². The Balaban J connectivity index is 1.36. The number of hydrazone groups is 1. The maximum absolute atomic E-state index is 12.8. The normalized spacial score (nSPS) is 19.3. The van der Waals surface area contributed by atoms with Gasteiger partial charge in [0, 0.05) is 24.2 Å². The molecule has 2 aromatic rings. The SMILES string of the molecule is COc1ccc(/C=N\NC(=O)C2=NO[C@@H]3[C@H]2CCN3C(=O)c2ccc([N+](=O)[O-])cc2)cc1. The van der Waals surface area contributed by atoms with Gasteiger partial charge in [-0.15, -0.1) is 0 Å². The van der Waals surface area contributed by atoms with Gasteiger partial charge in [0.2, 0.25) is 6.23 Å². The monoisotopic (exact) mass is 437 g/mol. The van der Waals surface area contributed by atoms with E-state index in [-0.39, 0.29) is 23.2 Å². The van der Waals surface area contributed by atoms with Crippen LogP contribution in [0.15, 0.2) is 58.8 Å². The molecule has 0 radical (unpaired) electrons. The number of hydrogen-bond donors (Lipinski definition) is 1. The molecule has 11 nitrogen and oxygen atoms in total. The maximum Gasteiger partial charge on any atom is 0.289 e. The molecule has 2 amide bonds. The standard InChI is InChI=1S/C21H19N5O6/c1-31-16-8-2-13(3-9-16)12-22-23-19(27)18-17-10-11-25(21(17)32-24-18)20(28)14-4-6-15(7-5-14)26(29)30/h2-9,12,17,21H,10-11H2,1H3,(H,23,27)/b22-12-/t17-,21+/m0/s1. The van der Waals surface area contributed by atoms with Crippen molar-refractivity contribution >= 4 is 29.4 Å². The zero-order valence-corrected chi connectivity index (χ0v) is 17.0. The van der Waals surface area contributed by atoms with Crippen molar-refractivity contribution in [2.45, 2.75) is 12.6 Å². The summed E-state index contributed by atoms with van der Waals surface area (Å²) in [6.45, 7) is 0.368. The molecule has 1 fully saturated rings. The Morgan fingerprint density at radius 2 is 1.97 bits per heavy atom. The van der Waals surface area contributed by atoms with Gasteiger partial charge in [-0.3, -0.25) is 19.7 Å². The van der Waals surface area contributed by atoms with Crippen LogP contribution >= 0.6 is 0 Å². The van der Waals surface area contributed by atoms with E-state index in [0.29, 0.717) is 24.3 Å². The van der Waals surface area contributed by atoms with Crippen LogP contribution in [0.2, 0.25) is 0 Å². The Bertz CT molecular complexity index is 1100. The number of nitrogens with one attached hydrogen (secondary N) is 1. The Morgan fingerprint density at radius 1 is 1.25 bits per heavy atom. The van der Waals surface area contributed by atoms with Gasteiger partial charge in [0.15, 0.2) is 5.71 Å². The molecule has 2 atom stereocenters. The minimum atomic E-state index is -0.705. The van der Waals surface area contributed by atoms with Crippen LogP contribution in [-0.4, -0.2) is 53.4 Å². The summed E-state index contributed by atoms with van der Waals surface area (Å²) in [6, 6.07) is 12.5. The maximum atomic E-state index is 12.8. The van der Waals surface area contributed by atoms with E-state index >= 15 is 0 Å². The zero-order valence-electron chi connectivity index (χ0n) is 17.0. The molecule has 2 aliphatic heterocycles. The van der Waals surface area contributed by atoms with Gasteiger partial charge in [-0.2, -0.15) is 5.10 Å². The summed E-state index contributed by atoms with van der Waals surface area (Å²) in [5.74, 6) is -0.523. The topological polar surface area (TPSA) is 136 Å². The fourth-order valence-electron chi connectivity index (χ4n) is 3.58. The fourth-order valence-corrected chi connectivity index (χ4v) is 3.58. The van der Waals surface area contributed by atoms with Gasteiger partial charge in [-0.1, -0.05) is 5.16 Å². The Morgan fingerprint density at radius 3 is 2.62 bits per heavy atom. The van der Waals surface area contributed by atoms with Gasteiger partial charge >= 0.3 is 0 Å². The van der Waals surface area contributed by atoms with E-state index in [2.05, 4.69) is 15.7 Å². The van der Waals surface area contributed by atoms with E-state index in [1.807, 2.05) is 0 Å². The van der Waals surface area contributed by atoms with Crippen molar-refractivity contribution < 1.29 is 24.1 Å². The summed E-state index contributed by atoms with van der Waals surface area (Å²) in [5.41, 5.74) is 3.56. The molecule has 0 spiro atoms. The van der Waals surface area contributed by atoms with Gasteiger partial charge in [0.05, 0.1) is 24.2 Å². The summed E-state index contributed by atoms with van der Waals surface area (Å²) >= 11 is 0. The average molecular weight is 437 g/mol. The van der Waals surface area contributed by atoms with Crippen LogP contribution in [0, 0.1) is 16.0 Å². The number of nitro benzene ring substituents is 1. The first kappa shape index (κ1) is 21.0. The van der Waals surface area contributed by atoms with E-state index in [9.17, 15) is 19.7 Å². The minimum absolute atomic E-state index is 0.101. The summed E-state index contributed by atoms with van der Waals surface area (Å²) in [5, 5.41) is 18.6. The zero-order chi connectivity index (χ0) is 22.7. The Hall–Kier alpha value is -4.28. The van der Waals surface area contributed by atoms with Crippen LogP contribution in [0.25, 0.3) is 0 Å². The highest BCUT2D eigenvalue weighted by Gasteiger charge is 2.48. The van der Waals surface area contributed by atoms with Gasteiger partial charge in [-0.25, -0.2) is 5.43 Å². The van der Waals surface area contributed by atoms with E-state index in [4.69, 9.17) is 9.57 Å². The van der Waals surface area contributed by atoms with Crippen molar-refractivity contribution in [3.8, 4) is 5.75 Å². The first-order chi connectivity index (χ1) is 15.5. The molecule has 2 heterocycles. The van der Waals surface area contributed by atoms with E-state index in [1.54, 1.807) is 31.4 Å². The second kappa shape index (κ2) is 8.84. The van der Waals surface area contributed by atoms with E-state index in [1.165, 1.54) is 35.4 Å². The highest BCUT2D eigenvalue weighted by molar-refractivity contribution is 6.40. The lowest BCUT2D eigenvalue weighted by Crippen LogP contribution is -2.39. The molecular formula is C21H19N5O6. The lowest BCUT2D eigenvalue weighted by Gasteiger charge is -2.21. The van der Waals surface area contributed by atoms with Gasteiger partial charge in [-0.05, 0) is 48.4 Å². The minimum Gasteiger partial charge on any atom is -0.497 e. The average Bonchev–Trinajstić information content (AvgIpc) is 3.41. The van der Waals surface area contributed by atoms with Crippen molar-refractivity contribution in [2.24, 2.45) is 16.2 Å². The number of carbonyl (C=O) groups excluding carboxylic acids is 2. The summed E-state index contributed by atoms with van der Waals surface area (Å²) in [6.07, 6.45) is 1.28. The quantitative estimate of drug-likeness (QED) is 0.417. The van der Waals surface area contributed by atoms with Gasteiger partial charge in [0.25, 0.3) is 17.5 Å². The molecule has 164 valence electrons. The molecule has 2 aromatic carbocycles. The first-order valence-electron chi connectivity index (χ1n) is 9.74. The molecule has 0 bridgehead atoms. The summed E-state index contributed by atoms with van der Waals surface area (Å²) in [4.78, 5) is 42.4. The molecule has 0 unspecified atom stereocenters. The molecule has 11 heteroatoms. The van der Waals surface area contributed by atoms with Crippen molar-refractivity contribution in [1.29, 1.82) is 0 Å². The second-order valence-electron chi connectivity index (χ2n) is 7.14. The number of fused-ring (bicyclic) bond motifs is 1. The van der Waals surface area contributed by atoms with Crippen molar-refractivity contribution in [3.05, 3.63) is 69.8 Å². The van der Waals surface area contributed by atoms with Crippen LogP contribution in [-0.2, 0) is 9.63 Å². The summed E-state index contributed by atoms with van der Waals surface area (Å²) < 4.78 is 5.09. The number of ether oxygens (including phenoxy) is 1. The molecule has 2 aliphatic rings. The highest BCUT2D eigenvalue weighted by Crippen LogP contribution is 2.33. The molecule has 32 heavy (non-hydrogen) atoms. The molecule has 0 saturated carbocycles. The predicted octanol–water partition coefficient (Wildman–Crippen LogP) is 1.93. The largest absolute Gasteiger partial charge is 0.497 e. The number of benzene rings is 2. The van der Waals surface area contributed by atoms with Crippen molar-refractivity contribution in [2.75, 3.05) is 13.7 Å². The molecular weight excluding hydrogens is 418 g/mol. The number of non-ortho nitro benzene ring substituents is 1. The van der Waals surface area contributed by atoms with Crippen LogP contribution in [0.5, 0.6) is 5.75 Å². The van der Waals surface area contributed by atoms with E-state index in [0.717, 1.165) is 5.56 Å². The number of carbonyl (C=O) groups is 2. The smallest absolute Gasteiger partial charge is 0.289 e. The third-order valence-electron chi connectivity index (χ3n) is 5.26. The third kappa shape index (κ3) is 4.13. The number of nitrogens with zero attached hydrogens (tertiary/aromatic N) is 4. The lowest BCUT2D eigenvalue weighted by molar-refractivity contribution is -0.384. The first-order valence-corrected chi connectivity index (χ1v) is 9.74. The van der Waals surface area contributed by atoms with E-state index < -0.39 is 17.1 Å². The number of amides is 2. The fraction of sp³-hybridized carbons (Fsp3) is 0.238. The third-order valence-corrected chi connectivity index (χ3v) is 5.26. The van der Waals surface area contributed by atoms with Crippen LogP contribution in [0.1, 0.15) is 22.3 Å². The number of likely N-dealkylation sites (tertiary alicyclic amines) is 1. The molecule has 0 aliphatic carbocycles. The number of methoxy groups -OCH3 is 1. The molecule has 1 N–H and O–H groups in total. The molecule has 1 saturated heterocycles. The van der Waals surface area contributed by atoms with Crippen LogP contribution in [0.3, 0.4) is 0 Å².